The van der Waals surface area contributed by atoms with E-state index in [4.69, 9.17) is 0 Å². The molecule has 5 heteroatoms. The van der Waals surface area contributed by atoms with Gasteiger partial charge in [-0.2, -0.15) is 0 Å². The van der Waals surface area contributed by atoms with Gasteiger partial charge in [0.25, 0.3) is 5.82 Å². The molecule has 2 aromatic rings. The molecule has 1 aromatic heterocycles. The number of aromatic nitrogens is 3. The minimum atomic E-state index is -1.11. The Morgan fingerprint density at radius 2 is 1.86 bits per heavy atom. The molecule has 0 bridgehead atoms. The number of hydrogen-bond donors (Lipinski definition) is 1. The quantitative estimate of drug-likeness (QED) is 0.939. The van der Waals surface area contributed by atoms with Gasteiger partial charge in [-0.3, -0.25) is 0 Å². The van der Waals surface area contributed by atoms with Crippen molar-refractivity contribution in [3.8, 4) is 5.69 Å². The molecule has 0 aliphatic rings. The second kappa shape index (κ2) is 5.31. The molecule has 0 atom stereocenters. The zero-order chi connectivity index (χ0) is 15.8. The molecule has 0 radical (unpaired) electrons. The highest BCUT2D eigenvalue weighted by molar-refractivity contribution is 5.83. The zero-order valence-corrected chi connectivity index (χ0v) is 13.1. The van der Waals surface area contributed by atoms with Crippen molar-refractivity contribution in [1.82, 2.24) is 14.8 Å². The Kier molecular flexibility index (Phi) is 3.85. The standard InChI is InChI=1S/C16H21N3O2/c1-10(2)11-8-6-7-9-12(11)19-15(16(3,4)5)17-13(18-19)14(20)21/h6-10H,1-5H3,(H,20,21). The summed E-state index contributed by atoms with van der Waals surface area (Å²) < 4.78 is 1.67. The molecule has 1 aromatic carbocycles. The van der Waals surface area contributed by atoms with Gasteiger partial charge in [-0.25, -0.2) is 14.5 Å². The van der Waals surface area contributed by atoms with Crippen LogP contribution in [-0.4, -0.2) is 25.8 Å². The van der Waals surface area contributed by atoms with E-state index in [1.807, 2.05) is 45.0 Å². The number of benzene rings is 1. The predicted molar refractivity (Wildman–Crippen MR) is 81.1 cm³/mol. The maximum Gasteiger partial charge on any atom is 0.375 e. The summed E-state index contributed by atoms with van der Waals surface area (Å²) in [5, 5.41) is 13.4. The maximum absolute atomic E-state index is 11.2. The van der Waals surface area contributed by atoms with E-state index >= 15 is 0 Å². The van der Waals surface area contributed by atoms with Crippen molar-refractivity contribution in [3.05, 3.63) is 41.5 Å². The Bertz CT molecular complexity index is 666. The van der Waals surface area contributed by atoms with E-state index in [0.29, 0.717) is 11.7 Å². The first-order chi connectivity index (χ1) is 9.71. The van der Waals surface area contributed by atoms with Gasteiger partial charge in [0, 0.05) is 5.41 Å². The lowest BCUT2D eigenvalue weighted by Crippen LogP contribution is -2.19. The molecule has 0 unspecified atom stereocenters. The van der Waals surface area contributed by atoms with Crippen molar-refractivity contribution < 1.29 is 9.90 Å². The Hall–Kier alpha value is -2.17. The topological polar surface area (TPSA) is 68.0 Å². The highest BCUT2D eigenvalue weighted by Gasteiger charge is 2.27. The first-order valence-electron chi connectivity index (χ1n) is 7.02. The van der Waals surface area contributed by atoms with Gasteiger partial charge in [0.1, 0.15) is 5.82 Å². The van der Waals surface area contributed by atoms with Crippen LogP contribution in [0.3, 0.4) is 0 Å². The summed E-state index contributed by atoms with van der Waals surface area (Å²) in [7, 11) is 0. The monoisotopic (exact) mass is 287 g/mol. The third-order valence-corrected chi connectivity index (χ3v) is 3.26. The molecule has 5 nitrogen and oxygen atoms in total. The van der Waals surface area contributed by atoms with Gasteiger partial charge in [0.15, 0.2) is 0 Å². The molecular weight excluding hydrogens is 266 g/mol. The van der Waals surface area contributed by atoms with Crippen LogP contribution in [-0.2, 0) is 5.41 Å². The van der Waals surface area contributed by atoms with Crippen molar-refractivity contribution in [2.45, 2.75) is 46.0 Å². The van der Waals surface area contributed by atoms with Gasteiger partial charge in [-0.1, -0.05) is 52.8 Å². The lowest BCUT2D eigenvalue weighted by Gasteiger charge is -2.20. The molecule has 0 amide bonds. The summed E-state index contributed by atoms with van der Waals surface area (Å²) in [6, 6.07) is 7.89. The number of aromatic carboxylic acids is 1. The van der Waals surface area contributed by atoms with Crippen LogP contribution in [0.2, 0.25) is 0 Å². The second-order valence-electron chi connectivity index (χ2n) is 6.44. The van der Waals surface area contributed by atoms with E-state index in [0.717, 1.165) is 11.3 Å². The van der Waals surface area contributed by atoms with Crippen LogP contribution in [0, 0.1) is 0 Å². The molecule has 112 valence electrons. The lowest BCUT2D eigenvalue weighted by molar-refractivity contribution is 0.0683. The zero-order valence-electron chi connectivity index (χ0n) is 13.1. The molecule has 21 heavy (non-hydrogen) atoms. The fraction of sp³-hybridized carbons (Fsp3) is 0.438. The third-order valence-electron chi connectivity index (χ3n) is 3.26. The number of para-hydroxylation sites is 1. The van der Waals surface area contributed by atoms with Crippen LogP contribution in [0.4, 0.5) is 0 Å². The molecular formula is C16H21N3O2. The summed E-state index contributed by atoms with van der Waals surface area (Å²) in [5.74, 6) is -0.320. The van der Waals surface area contributed by atoms with Crippen LogP contribution in [0.15, 0.2) is 24.3 Å². The molecule has 0 aliphatic carbocycles. The number of hydrogen-bond acceptors (Lipinski definition) is 3. The van der Waals surface area contributed by atoms with E-state index in [1.165, 1.54) is 0 Å². The number of carboxylic acid groups (broad SMARTS) is 1. The van der Waals surface area contributed by atoms with Crippen molar-refractivity contribution in [3.63, 3.8) is 0 Å². The Morgan fingerprint density at radius 3 is 2.38 bits per heavy atom. The maximum atomic E-state index is 11.2. The molecule has 0 aliphatic heterocycles. The normalized spacial score (nSPS) is 11.9. The third kappa shape index (κ3) is 2.96. The summed E-state index contributed by atoms with van der Waals surface area (Å²) in [5.41, 5.74) is 1.70. The fourth-order valence-electron chi connectivity index (χ4n) is 2.22. The predicted octanol–water partition coefficient (Wildman–Crippen LogP) is 3.39. The minimum absolute atomic E-state index is 0.168. The molecule has 0 saturated heterocycles. The minimum Gasteiger partial charge on any atom is -0.475 e. The van der Waals surface area contributed by atoms with Gasteiger partial charge >= 0.3 is 5.97 Å². The van der Waals surface area contributed by atoms with E-state index in [9.17, 15) is 9.90 Å². The Labute approximate surface area is 124 Å². The molecule has 1 heterocycles. The number of carbonyl (C=O) groups is 1. The van der Waals surface area contributed by atoms with Crippen molar-refractivity contribution >= 4 is 5.97 Å². The fourth-order valence-corrected chi connectivity index (χ4v) is 2.22. The lowest BCUT2D eigenvalue weighted by atomic mass is 9.95. The smallest absolute Gasteiger partial charge is 0.375 e. The summed E-state index contributed by atoms with van der Waals surface area (Å²) >= 11 is 0. The highest BCUT2D eigenvalue weighted by Crippen LogP contribution is 2.28. The molecule has 0 fully saturated rings. The SMILES string of the molecule is CC(C)c1ccccc1-n1nc(C(=O)O)nc1C(C)(C)C. The second-order valence-corrected chi connectivity index (χ2v) is 6.44. The van der Waals surface area contributed by atoms with Crippen LogP contribution >= 0.6 is 0 Å². The highest BCUT2D eigenvalue weighted by atomic mass is 16.4. The van der Waals surface area contributed by atoms with E-state index in [1.54, 1.807) is 4.68 Å². The van der Waals surface area contributed by atoms with Crippen molar-refractivity contribution in [1.29, 1.82) is 0 Å². The van der Waals surface area contributed by atoms with E-state index in [-0.39, 0.29) is 11.2 Å². The number of nitrogens with zero attached hydrogens (tertiary/aromatic N) is 3. The average Bonchev–Trinajstić information content (AvgIpc) is 2.83. The summed E-state index contributed by atoms with van der Waals surface area (Å²) in [6.07, 6.45) is 0. The largest absolute Gasteiger partial charge is 0.475 e. The Balaban J connectivity index is 2.71. The van der Waals surface area contributed by atoms with Crippen LogP contribution in [0.1, 0.15) is 62.5 Å². The van der Waals surface area contributed by atoms with Crippen LogP contribution in [0.25, 0.3) is 5.69 Å². The van der Waals surface area contributed by atoms with Gasteiger partial charge in [-0.05, 0) is 17.5 Å². The van der Waals surface area contributed by atoms with Gasteiger partial charge in [0.2, 0.25) is 0 Å². The molecule has 0 spiro atoms. The van der Waals surface area contributed by atoms with E-state index in [2.05, 4.69) is 23.9 Å². The van der Waals surface area contributed by atoms with Crippen LogP contribution in [0.5, 0.6) is 0 Å². The molecule has 1 N–H and O–H groups in total. The van der Waals surface area contributed by atoms with Gasteiger partial charge in [0.05, 0.1) is 5.69 Å². The molecule has 0 saturated carbocycles. The van der Waals surface area contributed by atoms with Gasteiger partial charge < -0.3 is 5.11 Å². The van der Waals surface area contributed by atoms with Crippen molar-refractivity contribution in [2.24, 2.45) is 0 Å². The van der Waals surface area contributed by atoms with E-state index < -0.39 is 5.97 Å². The first-order valence-corrected chi connectivity index (χ1v) is 7.02. The van der Waals surface area contributed by atoms with Crippen LogP contribution < -0.4 is 0 Å². The first kappa shape index (κ1) is 15.2. The molecule has 2 rings (SSSR count). The van der Waals surface area contributed by atoms with Gasteiger partial charge in [-0.15, -0.1) is 5.10 Å². The summed E-state index contributed by atoms with van der Waals surface area (Å²) in [4.78, 5) is 15.4. The van der Waals surface area contributed by atoms with Crippen molar-refractivity contribution in [2.75, 3.05) is 0 Å². The Morgan fingerprint density at radius 1 is 1.24 bits per heavy atom. The number of carboxylic acids is 1. The number of rotatable bonds is 3. The average molecular weight is 287 g/mol. The summed E-state index contributed by atoms with van der Waals surface area (Å²) in [6.45, 7) is 10.2.